The Morgan fingerprint density at radius 2 is 1.69 bits per heavy atom. The van der Waals surface area contributed by atoms with Crippen molar-refractivity contribution in [3.63, 3.8) is 0 Å². The van der Waals surface area contributed by atoms with E-state index in [0.717, 1.165) is 0 Å². The minimum Gasteiger partial charge on any atom is -0.495 e. The fourth-order valence-electron chi connectivity index (χ4n) is 2.05. The number of carbonyl (C=O) groups is 2. The lowest BCUT2D eigenvalue weighted by Crippen LogP contribution is -2.35. The molecule has 2 amide bonds. The quantitative estimate of drug-likeness (QED) is 0.737. The fourth-order valence-corrected chi connectivity index (χ4v) is 2.28. The van der Waals surface area contributed by atoms with Crippen LogP contribution in [0.5, 0.6) is 17.2 Å². The molecule has 0 fully saturated rings. The highest BCUT2D eigenvalue weighted by molar-refractivity contribution is 6.32. The van der Waals surface area contributed by atoms with E-state index < -0.39 is 11.8 Å². The van der Waals surface area contributed by atoms with Crippen LogP contribution in [0.15, 0.2) is 42.5 Å². The van der Waals surface area contributed by atoms with Crippen molar-refractivity contribution < 1.29 is 23.8 Å². The number of carbonyl (C=O) groups excluding carboxylic acids is 2. The van der Waals surface area contributed by atoms with Gasteiger partial charge in [-0.3, -0.25) is 9.59 Å². The number of halogens is 1. The van der Waals surface area contributed by atoms with E-state index in [1.807, 2.05) is 6.07 Å². The zero-order chi connectivity index (χ0) is 18.9. The Labute approximate surface area is 156 Å². The summed E-state index contributed by atoms with van der Waals surface area (Å²) in [6.07, 6.45) is 0. The molecule has 2 N–H and O–H groups in total. The number of methoxy groups -OCH3 is 2. The average molecular weight is 379 g/mol. The summed E-state index contributed by atoms with van der Waals surface area (Å²) in [5, 5.41) is 5.47. The van der Waals surface area contributed by atoms with Crippen molar-refractivity contribution in [1.29, 1.82) is 0 Å². The van der Waals surface area contributed by atoms with Crippen LogP contribution in [0.2, 0.25) is 5.02 Å². The van der Waals surface area contributed by atoms with Crippen LogP contribution in [0.25, 0.3) is 0 Å². The Morgan fingerprint density at radius 3 is 2.35 bits per heavy atom. The summed E-state index contributed by atoms with van der Waals surface area (Å²) in [6, 6.07) is 12.0. The zero-order valence-electron chi connectivity index (χ0n) is 14.4. The van der Waals surface area contributed by atoms with E-state index in [1.165, 1.54) is 20.3 Å². The standard InChI is InChI=1S/C18H19ClN2O5/c1-24-15-9-14(16(25-2)8-13(15)19)21-17(22)10-20-18(23)11-26-12-6-4-3-5-7-12/h3-9H,10-11H2,1-2H3,(H,20,23)(H,21,22). The minimum absolute atomic E-state index is 0.185. The lowest BCUT2D eigenvalue weighted by atomic mass is 10.2. The molecule has 138 valence electrons. The van der Waals surface area contributed by atoms with Crippen LogP contribution in [0.1, 0.15) is 0 Å². The molecule has 2 aromatic rings. The molecule has 26 heavy (non-hydrogen) atoms. The molecule has 0 saturated carbocycles. The molecule has 0 saturated heterocycles. The van der Waals surface area contributed by atoms with Crippen LogP contribution >= 0.6 is 11.6 Å². The van der Waals surface area contributed by atoms with Crippen molar-refractivity contribution in [1.82, 2.24) is 5.32 Å². The summed E-state index contributed by atoms with van der Waals surface area (Å²) in [5.41, 5.74) is 0.383. The van der Waals surface area contributed by atoms with Crippen LogP contribution in [-0.4, -0.2) is 39.2 Å². The maximum atomic E-state index is 12.0. The SMILES string of the molecule is COc1cc(NC(=O)CNC(=O)COc2ccccc2)c(OC)cc1Cl. The molecular weight excluding hydrogens is 360 g/mol. The van der Waals surface area contributed by atoms with Gasteiger partial charge >= 0.3 is 0 Å². The van der Waals surface area contributed by atoms with Gasteiger partial charge in [0.25, 0.3) is 5.91 Å². The summed E-state index contributed by atoms with van der Waals surface area (Å²) < 4.78 is 15.6. The summed E-state index contributed by atoms with van der Waals surface area (Å²) in [6.45, 7) is -0.402. The van der Waals surface area contributed by atoms with E-state index in [9.17, 15) is 9.59 Å². The minimum atomic E-state index is -0.430. The summed E-state index contributed by atoms with van der Waals surface area (Å²) in [4.78, 5) is 23.8. The first-order chi connectivity index (χ1) is 12.5. The Morgan fingerprint density at radius 1 is 1.00 bits per heavy atom. The lowest BCUT2D eigenvalue weighted by molar-refractivity contribution is -0.125. The predicted octanol–water partition coefficient (Wildman–Crippen LogP) is 2.49. The predicted molar refractivity (Wildman–Crippen MR) is 98.1 cm³/mol. The first kappa shape index (κ1) is 19.4. The van der Waals surface area contributed by atoms with Crippen LogP contribution in [0, 0.1) is 0 Å². The molecule has 0 unspecified atom stereocenters. The Hall–Kier alpha value is -2.93. The smallest absolute Gasteiger partial charge is 0.258 e. The van der Waals surface area contributed by atoms with E-state index in [4.69, 9.17) is 25.8 Å². The van der Waals surface area contributed by atoms with Gasteiger partial charge in [0.2, 0.25) is 5.91 Å². The molecule has 0 aliphatic carbocycles. The largest absolute Gasteiger partial charge is 0.495 e. The number of para-hydroxylation sites is 1. The maximum Gasteiger partial charge on any atom is 0.258 e. The summed E-state index contributed by atoms with van der Waals surface area (Å²) >= 11 is 6.02. The molecule has 0 aliphatic rings. The second-order valence-electron chi connectivity index (χ2n) is 5.11. The second-order valence-corrected chi connectivity index (χ2v) is 5.52. The number of benzene rings is 2. The first-order valence-electron chi connectivity index (χ1n) is 7.69. The Balaban J connectivity index is 1.85. The molecule has 0 radical (unpaired) electrons. The van der Waals surface area contributed by atoms with Crippen LogP contribution < -0.4 is 24.8 Å². The number of ether oxygens (including phenoxy) is 3. The summed E-state index contributed by atoms with van der Waals surface area (Å²) in [5.74, 6) is 0.501. The Kier molecular flexibility index (Phi) is 7.11. The van der Waals surface area contributed by atoms with Crippen molar-refractivity contribution in [3.05, 3.63) is 47.5 Å². The number of hydrogen-bond acceptors (Lipinski definition) is 5. The van der Waals surface area contributed by atoms with E-state index in [0.29, 0.717) is 28.0 Å². The fraction of sp³-hybridized carbons (Fsp3) is 0.222. The van der Waals surface area contributed by atoms with Gasteiger partial charge in [0.15, 0.2) is 6.61 Å². The third kappa shape index (κ3) is 5.56. The van der Waals surface area contributed by atoms with Gasteiger partial charge in [0, 0.05) is 12.1 Å². The van der Waals surface area contributed by atoms with Crippen LogP contribution in [0.4, 0.5) is 5.69 Å². The first-order valence-corrected chi connectivity index (χ1v) is 8.07. The van der Waals surface area contributed by atoms with Crippen molar-refractivity contribution in [2.24, 2.45) is 0 Å². The topological polar surface area (TPSA) is 85.9 Å². The van der Waals surface area contributed by atoms with E-state index in [-0.39, 0.29) is 13.2 Å². The number of nitrogens with one attached hydrogen (secondary N) is 2. The van der Waals surface area contributed by atoms with Gasteiger partial charge in [-0.25, -0.2) is 0 Å². The second kappa shape index (κ2) is 9.53. The van der Waals surface area contributed by atoms with E-state index in [2.05, 4.69) is 10.6 Å². The van der Waals surface area contributed by atoms with Gasteiger partial charge in [0.05, 0.1) is 31.5 Å². The molecule has 0 atom stereocenters. The molecule has 0 aliphatic heterocycles. The highest BCUT2D eigenvalue weighted by Crippen LogP contribution is 2.35. The molecule has 2 rings (SSSR count). The van der Waals surface area contributed by atoms with Crippen LogP contribution in [0.3, 0.4) is 0 Å². The highest BCUT2D eigenvalue weighted by Gasteiger charge is 2.13. The van der Waals surface area contributed by atoms with Gasteiger partial charge in [-0.1, -0.05) is 29.8 Å². The number of rotatable bonds is 8. The monoisotopic (exact) mass is 378 g/mol. The third-order valence-electron chi connectivity index (χ3n) is 3.31. The van der Waals surface area contributed by atoms with E-state index >= 15 is 0 Å². The molecule has 8 heteroatoms. The van der Waals surface area contributed by atoms with Crippen molar-refractivity contribution >= 4 is 29.1 Å². The molecule has 0 aromatic heterocycles. The lowest BCUT2D eigenvalue weighted by Gasteiger charge is -2.13. The number of hydrogen-bond donors (Lipinski definition) is 2. The molecule has 7 nitrogen and oxygen atoms in total. The zero-order valence-corrected chi connectivity index (χ0v) is 15.1. The van der Waals surface area contributed by atoms with Crippen molar-refractivity contribution in [2.45, 2.75) is 0 Å². The van der Waals surface area contributed by atoms with Gasteiger partial charge in [-0.2, -0.15) is 0 Å². The summed E-state index contributed by atoms with van der Waals surface area (Å²) in [7, 11) is 2.92. The Bertz CT molecular complexity index is 768. The highest BCUT2D eigenvalue weighted by atomic mass is 35.5. The molecule has 0 heterocycles. The van der Waals surface area contributed by atoms with Crippen LogP contribution in [-0.2, 0) is 9.59 Å². The van der Waals surface area contributed by atoms with E-state index in [1.54, 1.807) is 30.3 Å². The molecule has 0 spiro atoms. The molecule has 2 aromatic carbocycles. The third-order valence-corrected chi connectivity index (χ3v) is 3.60. The van der Waals surface area contributed by atoms with Crippen molar-refractivity contribution in [2.75, 3.05) is 32.7 Å². The number of amides is 2. The number of anilines is 1. The van der Waals surface area contributed by atoms with Crippen molar-refractivity contribution in [3.8, 4) is 17.2 Å². The van der Waals surface area contributed by atoms with Gasteiger partial charge in [-0.05, 0) is 12.1 Å². The van der Waals surface area contributed by atoms with Gasteiger partial charge < -0.3 is 24.8 Å². The average Bonchev–Trinajstić information content (AvgIpc) is 2.66. The molecular formula is C18H19ClN2O5. The normalized spacial score (nSPS) is 9.96. The maximum absolute atomic E-state index is 12.0. The van der Waals surface area contributed by atoms with Gasteiger partial charge in [-0.15, -0.1) is 0 Å². The molecule has 0 bridgehead atoms. The van der Waals surface area contributed by atoms with Gasteiger partial charge in [0.1, 0.15) is 17.2 Å².